The number of aliphatic imine (C=N–C) groups is 1. The van der Waals surface area contributed by atoms with Gasteiger partial charge < -0.3 is 20.9 Å². The van der Waals surface area contributed by atoms with Crippen molar-refractivity contribution in [3.8, 4) is 0 Å². The molecule has 1 aliphatic heterocycles. The highest BCUT2D eigenvalue weighted by molar-refractivity contribution is 5.97. The molecule has 7 heteroatoms. The Morgan fingerprint density at radius 2 is 2.04 bits per heavy atom. The van der Waals surface area contributed by atoms with Gasteiger partial charge in [0.15, 0.2) is 5.96 Å². The summed E-state index contributed by atoms with van der Waals surface area (Å²) < 4.78 is 0. The standard InChI is InChI=1S/C17H25N5O2/c1-3-9-19-15(23)11-20-17(18-2)21-13-10-16(24)22(12-13)14-7-5-4-6-8-14/h4-8,13H,3,9-12H2,1-2H3,(H,19,23)(H2,18,20,21). The Morgan fingerprint density at radius 3 is 2.71 bits per heavy atom. The molecular weight excluding hydrogens is 306 g/mol. The van der Waals surface area contributed by atoms with Gasteiger partial charge in [0.05, 0.1) is 12.6 Å². The van der Waals surface area contributed by atoms with Crippen LogP contribution < -0.4 is 20.9 Å². The van der Waals surface area contributed by atoms with Gasteiger partial charge in [-0.25, -0.2) is 0 Å². The molecule has 3 N–H and O–H groups in total. The van der Waals surface area contributed by atoms with E-state index in [1.807, 2.05) is 37.3 Å². The van der Waals surface area contributed by atoms with Crippen LogP contribution in [0, 0.1) is 0 Å². The van der Waals surface area contributed by atoms with Crippen molar-refractivity contribution in [1.29, 1.82) is 0 Å². The van der Waals surface area contributed by atoms with E-state index in [1.54, 1.807) is 11.9 Å². The molecule has 1 heterocycles. The lowest BCUT2D eigenvalue weighted by Gasteiger charge is -2.18. The minimum atomic E-state index is -0.0757. The minimum absolute atomic E-state index is 0.0393. The number of hydrogen-bond acceptors (Lipinski definition) is 3. The van der Waals surface area contributed by atoms with Gasteiger partial charge in [-0.1, -0.05) is 25.1 Å². The second-order valence-corrected chi connectivity index (χ2v) is 5.66. The molecule has 0 aromatic heterocycles. The van der Waals surface area contributed by atoms with E-state index in [1.165, 1.54) is 0 Å². The number of hydrogen-bond donors (Lipinski definition) is 3. The third-order valence-electron chi connectivity index (χ3n) is 3.75. The molecule has 1 unspecified atom stereocenters. The highest BCUT2D eigenvalue weighted by atomic mass is 16.2. The summed E-state index contributed by atoms with van der Waals surface area (Å²) in [6, 6.07) is 9.56. The lowest BCUT2D eigenvalue weighted by Crippen LogP contribution is -2.47. The van der Waals surface area contributed by atoms with E-state index in [9.17, 15) is 9.59 Å². The molecule has 24 heavy (non-hydrogen) atoms. The molecule has 1 aromatic rings. The van der Waals surface area contributed by atoms with Gasteiger partial charge in [-0.2, -0.15) is 0 Å². The number of carbonyl (C=O) groups is 2. The first-order valence-electron chi connectivity index (χ1n) is 8.23. The molecule has 0 saturated carbocycles. The Hall–Kier alpha value is -2.57. The minimum Gasteiger partial charge on any atom is -0.355 e. The van der Waals surface area contributed by atoms with Crippen molar-refractivity contribution in [2.45, 2.75) is 25.8 Å². The molecule has 2 rings (SSSR count). The molecule has 0 radical (unpaired) electrons. The number of nitrogens with one attached hydrogen (secondary N) is 3. The SMILES string of the molecule is CCCNC(=O)CNC(=NC)NC1CC(=O)N(c2ccccc2)C1. The number of anilines is 1. The third kappa shape index (κ3) is 4.97. The number of nitrogens with zero attached hydrogens (tertiary/aromatic N) is 2. The van der Waals surface area contributed by atoms with Crippen LogP contribution in [0.4, 0.5) is 5.69 Å². The van der Waals surface area contributed by atoms with Crippen molar-refractivity contribution < 1.29 is 9.59 Å². The quantitative estimate of drug-likeness (QED) is 0.523. The van der Waals surface area contributed by atoms with E-state index in [2.05, 4.69) is 20.9 Å². The Bertz CT molecular complexity index is 588. The van der Waals surface area contributed by atoms with Crippen LogP contribution in [-0.4, -0.2) is 50.5 Å². The average molecular weight is 331 g/mol. The summed E-state index contributed by atoms with van der Waals surface area (Å²) in [5, 5.41) is 8.97. The molecule has 0 spiro atoms. The van der Waals surface area contributed by atoms with E-state index in [0.717, 1.165) is 12.1 Å². The van der Waals surface area contributed by atoms with E-state index in [-0.39, 0.29) is 24.4 Å². The smallest absolute Gasteiger partial charge is 0.239 e. The monoisotopic (exact) mass is 331 g/mol. The fraction of sp³-hybridized carbons (Fsp3) is 0.471. The van der Waals surface area contributed by atoms with Gasteiger partial charge >= 0.3 is 0 Å². The first-order valence-corrected chi connectivity index (χ1v) is 8.23. The Kier molecular flexibility index (Phi) is 6.60. The van der Waals surface area contributed by atoms with Crippen molar-refractivity contribution in [1.82, 2.24) is 16.0 Å². The van der Waals surface area contributed by atoms with Gasteiger partial charge in [0.25, 0.3) is 0 Å². The zero-order valence-electron chi connectivity index (χ0n) is 14.2. The van der Waals surface area contributed by atoms with Crippen molar-refractivity contribution >= 4 is 23.5 Å². The third-order valence-corrected chi connectivity index (χ3v) is 3.75. The highest BCUT2D eigenvalue weighted by Crippen LogP contribution is 2.20. The molecule has 1 atom stereocenters. The van der Waals surface area contributed by atoms with E-state index in [4.69, 9.17) is 0 Å². The maximum atomic E-state index is 12.2. The van der Waals surface area contributed by atoms with Crippen molar-refractivity contribution in [2.24, 2.45) is 4.99 Å². The summed E-state index contributed by atoms with van der Waals surface area (Å²) in [7, 11) is 1.64. The molecule has 130 valence electrons. The molecule has 7 nitrogen and oxygen atoms in total. The topological polar surface area (TPSA) is 85.8 Å². The molecule has 1 aliphatic rings. The maximum Gasteiger partial charge on any atom is 0.239 e. The van der Waals surface area contributed by atoms with Gasteiger partial charge in [-0.05, 0) is 18.6 Å². The van der Waals surface area contributed by atoms with Crippen LogP contribution in [0.15, 0.2) is 35.3 Å². The summed E-state index contributed by atoms with van der Waals surface area (Å²) >= 11 is 0. The number of carbonyl (C=O) groups excluding carboxylic acids is 2. The summed E-state index contributed by atoms with van der Waals surface area (Å²) in [5.74, 6) is 0.525. The first kappa shape index (κ1) is 17.8. The van der Waals surface area contributed by atoms with Crippen LogP contribution in [0.2, 0.25) is 0 Å². The summed E-state index contributed by atoms with van der Waals surface area (Å²) in [4.78, 5) is 29.7. The first-order chi connectivity index (χ1) is 11.6. The van der Waals surface area contributed by atoms with Crippen molar-refractivity contribution in [2.75, 3.05) is 31.6 Å². The number of para-hydroxylation sites is 1. The molecule has 1 saturated heterocycles. The average Bonchev–Trinajstić information content (AvgIpc) is 2.97. The van der Waals surface area contributed by atoms with Gasteiger partial charge in [-0.15, -0.1) is 0 Å². The molecule has 1 aromatic carbocycles. The second-order valence-electron chi connectivity index (χ2n) is 5.66. The fourth-order valence-electron chi connectivity index (χ4n) is 2.54. The predicted octanol–water partition coefficient (Wildman–Crippen LogP) is 0.483. The van der Waals surface area contributed by atoms with Gasteiger partial charge in [0.1, 0.15) is 0 Å². The van der Waals surface area contributed by atoms with Crippen LogP contribution in [-0.2, 0) is 9.59 Å². The lowest BCUT2D eigenvalue weighted by atomic mass is 10.2. The summed E-state index contributed by atoms with van der Waals surface area (Å²) in [6.07, 6.45) is 1.30. The Morgan fingerprint density at radius 1 is 1.29 bits per heavy atom. The molecular formula is C17H25N5O2. The predicted molar refractivity (Wildman–Crippen MR) is 95.0 cm³/mol. The van der Waals surface area contributed by atoms with Crippen LogP contribution in [0.1, 0.15) is 19.8 Å². The Labute approximate surface area is 142 Å². The molecule has 2 amide bonds. The van der Waals surface area contributed by atoms with E-state index in [0.29, 0.717) is 25.5 Å². The van der Waals surface area contributed by atoms with Gasteiger partial charge in [0, 0.05) is 32.2 Å². The fourth-order valence-corrected chi connectivity index (χ4v) is 2.54. The van der Waals surface area contributed by atoms with Crippen molar-refractivity contribution in [3.63, 3.8) is 0 Å². The van der Waals surface area contributed by atoms with Gasteiger partial charge in [0.2, 0.25) is 11.8 Å². The number of guanidine groups is 1. The number of benzene rings is 1. The molecule has 0 aliphatic carbocycles. The van der Waals surface area contributed by atoms with E-state index >= 15 is 0 Å². The number of amides is 2. The zero-order chi connectivity index (χ0) is 17.4. The molecule has 1 fully saturated rings. The molecule has 0 bridgehead atoms. The maximum absolute atomic E-state index is 12.2. The van der Waals surface area contributed by atoms with Crippen LogP contribution in [0.5, 0.6) is 0 Å². The summed E-state index contributed by atoms with van der Waals surface area (Å²) in [5.41, 5.74) is 0.897. The normalized spacial score (nSPS) is 17.8. The second kappa shape index (κ2) is 8.90. The van der Waals surface area contributed by atoms with Crippen molar-refractivity contribution in [3.05, 3.63) is 30.3 Å². The lowest BCUT2D eigenvalue weighted by molar-refractivity contribution is -0.120. The van der Waals surface area contributed by atoms with Gasteiger partial charge in [-0.3, -0.25) is 14.6 Å². The number of rotatable bonds is 6. The van der Waals surface area contributed by atoms with Crippen LogP contribution in [0.25, 0.3) is 0 Å². The van der Waals surface area contributed by atoms with Crippen LogP contribution >= 0.6 is 0 Å². The highest BCUT2D eigenvalue weighted by Gasteiger charge is 2.31. The van der Waals surface area contributed by atoms with Crippen LogP contribution in [0.3, 0.4) is 0 Å². The Balaban J connectivity index is 1.84. The van der Waals surface area contributed by atoms with E-state index < -0.39 is 0 Å². The zero-order valence-corrected chi connectivity index (χ0v) is 14.2. The largest absolute Gasteiger partial charge is 0.355 e. The summed E-state index contributed by atoms with van der Waals surface area (Å²) in [6.45, 7) is 3.40.